The number of amides is 3. The van der Waals surface area contributed by atoms with Crippen LogP contribution >= 0.6 is 0 Å². The molecule has 1 fully saturated rings. The number of nitrogens with two attached hydrogens (primary N) is 1. The number of hydrogen-bond donors (Lipinski definition) is 2. The summed E-state index contributed by atoms with van der Waals surface area (Å²) in [6.07, 6.45) is 0.0160. The molecule has 0 aromatic rings. The molecule has 18 heavy (non-hydrogen) atoms. The number of nitrogens with zero attached hydrogens (tertiary/aromatic N) is 1. The molecule has 102 valence electrons. The van der Waals surface area contributed by atoms with Gasteiger partial charge in [0.15, 0.2) is 0 Å². The largest absolute Gasteiger partial charge is 0.343 e. The molecular weight excluding hydrogens is 234 g/mol. The Hall–Kier alpha value is -1.43. The van der Waals surface area contributed by atoms with Crippen LogP contribution in [0, 0.1) is 5.41 Å². The first-order chi connectivity index (χ1) is 7.98. The summed E-state index contributed by atoms with van der Waals surface area (Å²) in [6.45, 7) is 6.93. The Balaban J connectivity index is 2.79. The van der Waals surface area contributed by atoms with Crippen LogP contribution in [0.3, 0.4) is 0 Å². The third-order valence-corrected chi connectivity index (χ3v) is 3.87. The average Bonchev–Trinajstić information content (AvgIpc) is 2.44. The van der Waals surface area contributed by atoms with E-state index in [1.807, 2.05) is 0 Å². The minimum Gasteiger partial charge on any atom is -0.343 e. The number of carbonyl (C=O) groups excluding carboxylic acids is 3. The summed E-state index contributed by atoms with van der Waals surface area (Å²) in [7, 11) is 1.41. The summed E-state index contributed by atoms with van der Waals surface area (Å²) in [5.41, 5.74) is 4.39. The summed E-state index contributed by atoms with van der Waals surface area (Å²) in [5, 5.41) is 2.61. The predicted octanol–water partition coefficient (Wildman–Crippen LogP) is -0.377. The minimum absolute atomic E-state index is 0.0160. The van der Waals surface area contributed by atoms with Crippen molar-refractivity contribution in [2.24, 2.45) is 11.1 Å². The molecule has 1 saturated heterocycles. The molecule has 0 aromatic carbocycles. The van der Waals surface area contributed by atoms with E-state index < -0.39 is 17.0 Å². The highest BCUT2D eigenvalue weighted by atomic mass is 16.2. The molecule has 3 N–H and O–H groups in total. The van der Waals surface area contributed by atoms with Crippen LogP contribution in [-0.2, 0) is 14.4 Å². The maximum atomic E-state index is 12.2. The van der Waals surface area contributed by atoms with E-state index in [1.54, 1.807) is 27.7 Å². The fourth-order valence-electron chi connectivity index (χ4n) is 1.50. The molecule has 1 atom stereocenters. The molecule has 1 aliphatic heterocycles. The second-order valence-electron chi connectivity index (χ2n) is 5.87. The predicted molar refractivity (Wildman–Crippen MR) is 66.4 cm³/mol. The normalized spacial score (nSPS) is 21.4. The summed E-state index contributed by atoms with van der Waals surface area (Å²) >= 11 is 0. The van der Waals surface area contributed by atoms with E-state index in [2.05, 4.69) is 5.32 Å². The van der Waals surface area contributed by atoms with E-state index in [4.69, 9.17) is 5.73 Å². The van der Waals surface area contributed by atoms with Crippen LogP contribution in [-0.4, -0.2) is 41.2 Å². The Kier molecular flexibility index (Phi) is 3.53. The first-order valence-corrected chi connectivity index (χ1v) is 5.88. The maximum Gasteiger partial charge on any atom is 0.252 e. The number of hydrogen-bond acceptors (Lipinski definition) is 4. The van der Waals surface area contributed by atoms with Gasteiger partial charge >= 0.3 is 0 Å². The van der Waals surface area contributed by atoms with Crippen molar-refractivity contribution < 1.29 is 14.4 Å². The smallest absolute Gasteiger partial charge is 0.252 e. The Morgan fingerprint density at radius 2 is 1.83 bits per heavy atom. The van der Waals surface area contributed by atoms with Crippen molar-refractivity contribution >= 4 is 17.7 Å². The Bertz CT molecular complexity index is 396. The first kappa shape index (κ1) is 14.6. The molecule has 1 heterocycles. The minimum atomic E-state index is -0.836. The lowest BCUT2D eigenvalue weighted by molar-refractivity contribution is -0.140. The number of imide groups is 1. The van der Waals surface area contributed by atoms with Gasteiger partial charge in [-0.15, -0.1) is 0 Å². The summed E-state index contributed by atoms with van der Waals surface area (Å²) in [6, 6.07) is -0.767. The van der Waals surface area contributed by atoms with Crippen molar-refractivity contribution in [1.29, 1.82) is 0 Å². The quantitative estimate of drug-likeness (QED) is 0.673. The fraction of sp³-hybridized carbons (Fsp3) is 0.750. The van der Waals surface area contributed by atoms with Crippen LogP contribution in [0.2, 0.25) is 0 Å². The summed E-state index contributed by atoms with van der Waals surface area (Å²) in [4.78, 5) is 36.2. The maximum absolute atomic E-state index is 12.2. The van der Waals surface area contributed by atoms with Gasteiger partial charge in [0.25, 0.3) is 5.91 Å². The van der Waals surface area contributed by atoms with Crippen LogP contribution in [0.25, 0.3) is 0 Å². The van der Waals surface area contributed by atoms with Gasteiger partial charge in [0, 0.05) is 12.6 Å². The highest BCUT2D eigenvalue weighted by Crippen LogP contribution is 2.29. The van der Waals surface area contributed by atoms with Gasteiger partial charge in [-0.2, -0.15) is 0 Å². The molecule has 6 nitrogen and oxygen atoms in total. The van der Waals surface area contributed by atoms with Gasteiger partial charge < -0.3 is 11.1 Å². The Morgan fingerprint density at radius 3 is 2.17 bits per heavy atom. The standard InChI is InChI=1S/C12H21N3O3/c1-11(2,12(3,4)13)10(18)14-7-6-8(16)15(5)9(7)17/h7H,6,13H2,1-5H3,(H,14,18). The van der Waals surface area contributed by atoms with E-state index in [-0.39, 0.29) is 24.1 Å². The molecular formula is C12H21N3O3. The van der Waals surface area contributed by atoms with Gasteiger partial charge in [-0.3, -0.25) is 19.3 Å². The van der Waals surface area contributed by atoms with Gasteiger partial charge in [-0.25, -0.2) is 0 Å². The van der Waals surface area contributed by atoms with Crippen LogP contribution in [0.4, 0.5) is 0 Å². The molecule has 1 unspecified atom stereocenters. The van der Waals surface area contributed by atoms with E-state index in [1.165, 1.54) is 7.05 Å². The Morgan fingerprint density at radius 1 is 1.33 bits per heavy atom. The number of carbonyl (C=O) groups is 3. The van der Waals surface area contributed by atoms with Crippen molar-refractivity contribution in [3.8, 4) is 0 Å². The second-order valence-corrected chi connectivity index (χ2v) is 5.87. The number of nitrogens with one attached hydrogen (secondary N) is 1. The third kappa shape index (κ3) is 2.38. The summed E-state index contributed by atoms with van der Waals surface area (Å²) in [5.74, 6) is -0.981. The monoisotopic (exact) mass is 255 g/mol. The molecule has 0 radical (unpaired) electrons. The lowest BCUT2D eigenvalue weighted by Crippen LogP contribution is -2.57. The van der Waals surface area contributed by atoms with E-state index in [0.29, 0.717) is 0 Å². The van der Waals surface area contributed by atoms with Crippen LogP contribution in [0.5, 0.6) is 0 Å². The molecule has 3 amide bonds. The molecule has 0 aromatic heterocycles. The zero-order valence-electron chi connectivity index (χ0n) is 11.5. The van der Waals surface area contributed by atoms with Gasteiger partial charge in [-0.1, -0.05) is 0 Å². The van der Waals surface area contributed by atoms with Crippen molar-refractivity contribution in [3.05, 3.63) is 0 Å². The average molecular weight is 255 g/mol. The van der Waals surface area contributed by atoms with E-state index >= 15 is 0 Å². The molecule has 0 spiro atoms. The zero-order chi connectivity index (χ0) is 14.3. The van der Waals surface area contributed by atoms with Gasteiger partial charge in [0.2, 0.25) is 11.8 Å². The van der Waals surface area contributed by atoms with Crippen LogP contribution in [0.1, 0.15) is 34.1 Å². The molecule has 6 heteroatoms. The highest BCUT2D eigenvalue weighted by molar-refractivity contribution is 6.06. The first-order valence-electron chi connectivity index (χ1n) is 5.88. The lowest BCUT2D eigenvalue weighted by Gasteiger charge is -2.37. The topological polar surface area (TPSA) is 92.5 Å². The fourth-order valence-corrected chi connectivity index (χ4v) is 1.50. The SMILES string of the molecule is CN1C(=O)CC(NC(=O)C(C)(C)C(C)(C)N)C1=O. The van der Waals surface area contributed by atoms with Crippen molar-refractivity contribution in [2.75, 3.05) is 7.05 Å². The molecule has 0 bridgehead atoms. The zero-order valence-corrected chi connectivity index (χ0v) is 11.5. The Labute approximate surface area is 107 Å². The van der Waals surface area contributed by atoms with Crippen molar-refractivity contribution in [2.45, 2.75) is 45.7 Å². The third-order valence-electron chi connectivity index (χ3n) is 3.87. The van der Waals surface area contributed by atoms with Crippen molar-refractivity contribution in [3.63, 3.8) is 0 Å². The van der Waals surface area contributed by atoms with Gasteiger partial charge in [0.1, 0.15) is 6.04 Å². The molecule has 1 aliphatic rings. The molecule has 0 saturated carbocycles. The second kappa shape index (κ2) is 4.35. The van der Waals surface area contributed by atoms with Crippen LogP contribution in [0.15, 0.2) is 0 Å². The van der Waals surface area contributed by atoms with Gasteiger partial charge in [0.05, 0.1) is 11.8 Å². The van der Waals surface area contributed by atoms with E-state index in [9.17, 15) is 14.4 Å². The lowest BCUT2D eigenvalue weighted by atomic mass is 9.74. The van der Waals surface area contributed by atoms with Crippen LogP contribution < -0.4 is 11.1 Å². The van der Waals surface area contributed by atoms with Gasteiger partial charge in [-0.05, 0) is 27.7 Å². The number of likely N-dealkylation sites (tertiary alicyclic amines) is 1. The highest BCUT2D eigenvalue weighted by Gasteiger charge is 2.44. The molecule has 0 aliphatic carbocycles. The van der Waals surface area contributed by atoms with E-state index in [0.717, 1.165) is 4.90 Å². The number of likely N-dealkylation sites (N-methyl/N-ethyl adjacent to an activating group) is 1. The summed E-state index contributed by atoms with van der Waals surface area (Å²) < 4.78 is 0. The number of rotatable bonds is 3. The molecule has 1 rings (SSSR count). The van der Waals surface area contributed by atoms with Crippen molar-refractivity contribution in [1.82, 2.24) is 10.2 Å².